The highest BCUT2D eigenvalue weighted by atomic mass is 35.5. The second-order valence-electron chi connectivity index (χ2n) is 19.2. The number of hydrogen-bond acceptors (Lipinski definition) is 7. The molecule has 0 saturated carbocycles. The van der Waals surface area contributed by atoms with Gasteiger partial charge in [0.05, 0.1) is 24.2 Å². The summed E-state index contributed by atoms with van der Waals surface area (Å²) in [6.07, 6.45) is 6.99. The van der Waals surface area contributed by atoms with E-state index in [1.54, 1.807) is 45.0 Å². The normalized spacial score (nSPS) is 22.4. The van der Waals surface area contributed by atoms with Crippen LogP contribution in [0.25, 0.3) is 6.08 Å². The molecule has 12 heteroatoms. The van der Waals surface area contributed by atoms with Crippen LogP contribution >= 0.6 is 11.6 Å². The van der Waals surface area contributed by atoms with E-state index >= 15 is 0 Å². The molecule has 1 aliphatic heterocycles. The lowest BCUT2D eigenvalue weighted by Gasteiger charge is -2.42. The molecule has 3 rings (SSSR count). The van der Waals surface area contributed by atoms with E-state index in [2.05, 4.69) is 81.8 Å². The average Bonchev–Trinajstić information content (AvgIpc) is 3.15. The van der Waals surface area contributed by atoms with Gasteiger partial charge in [-0.25, -0.2) is 4.79 Å². The molecular formula is C48H72ClN3O7Si. The molecule has 10 nitrogen and oxygen atoms in total. The number of cyclic esters (lactones) is 1. The molecule has 0 radical (unpaired) electrons. The Balaban J connectivity index is 1.94. The standard InChI is InChI=1S/C48H72ClN3O7Si/c1-30(2)60(31(3)4,32(5)6)58-29-36-22-20-35(21-23-36)19-18-33(7)41-16-15-17-43(53)51-39(27-37-24-25-42(57-14)38(49)26-37)44(54)50-34(8)48(12,13)46(56)52-40(45(55)59-41)28-47(9,10)11/h15,17-26,30-34,39-41H,16,27-29H2,1-14H3,(H,50,54)(H,51,53)(H,52,56)/b17-15-,19-18+/t33-,34?,39-,40+,41+/m1/s1. The summed E-state index contributed by atoms with van der Waals surface area (Å²) < 4.78 is 18.3. The quantitative estimate of drug-likeness (QED) is 0.135. The predicted molar refractivity (Wildman–Crippen MR) is 245 cm³/mol. The Morgan fingerprint density at radius 3 is 2.03 bits per heavy atom. The molecule has 60 heavy (non-hydrogen) atoms. The average molecular weight is 867 g/mol. The zero-order valence-corrected chi connectivity index (χ0v) is 40.3. The first kappa shape index (κ1) is 50.4. The molecule has 5 atom stereocenters. The Morgan fingerprint density at radius 1 is 0.883 bits per heavy atom. The van der Waals surface area contributed by atoms with Gasteiger partial charge in [-0.1, -0.05) is 129 Å². The zero-order chi connectivity index (χ0) is 45.2. The Hall–Kier alpha value is -3.93. The summed E-state index contributed by atoms with van der Waals surface area (Å²) in [7, 11) is -0.491. The number of amides is 3. The van der Waals surface area contributed by atoms with Gasteiger partial charge in [0.1, 0.15) is 23.9 Å². The lowest BCUT2D eigenvalue weighted by Crippen LogP contribution is -2.58. The van der Waals surface area contributed by atoms with Gasteiger partial charge in [0.15, 0.2) is 0 Å². The van der Waals surface area contributed by atoms with Gasteiger partial charge in [-0.3, -0.25) is 14.4 Å². The highest BCUT2D eigenvalue weighted by Gasteiger charge is 2.45. The molecule has 3 amide bonds. The first-order chi connectivity index (χ1) is 27.9. The van der Waals surface area contributed by atoms with E-state index in [0.29, 0.717) is 46.0 Å². The summed E-state index contributed by atoms with van der Waals surface area (Å²) in [6.45, 7) is 27.4. The number of esters is 1. The van der Waals surface area contributed by atoms with Gasteiger partial charge in [-0.05, 0) is 84.1 Å². The minimum absolute atomic E-state index is 0.133. The largest absolute Gasteiger partial charge is 0.495 e. The second-order valence-corrected chi connectivity index (χ2v) is 25.0. The molecule has 2 aromatic carbocycles. The van der Waals surface area contributed by atoms with Crippen LogP contribution in [0.1, 0.15) is 120 Å². The van der Waals surface area contributed by atoms with Crippen LogP contribution < -0.4 is 20.7 Å². The lowest BCUT2D eigenvalue weighted by molar-refractivity contribution is -0.156. The number of nitrogens with one attached hydrogen (secondary N) is 3. The van der Waals surface area contributed by atoms with Gasteiger partial charge < -0.3 is 29.9 Å². The fourth-order valence-electron chi connectivity index (χ4n) is 8.07. The van der Waals surface area contributed by atoms with Crippen LogP contribution in [0.4, 0.5) is 0 Å². The first-order valence-corrected chi connectivity index (χ1v) is 23.9. The predicted octanol–water partition coefficient (Wildman–Crippen LogP) is 9.74. The number of carbonyl (C=O) groups excluding carboxylic acids is 4. The van der Waals surface area contributed by atoms with Gasteiger partial charge in [-0.15, -0.1) is 0 Å². The van der Waals surface area contributed by atoms with Crippen LogP contribution in [0, 0.1) is 16.7 Å². The molecule has 0 saturated heterocycles. The molecule has 0 fully saturated rings. The van der Waals surface area contributed by atoms with Gasteiger partial charge in [0, 0.05) is 24.8 Å². The summed E-state index contributed by atoms with van der Waals surface area (Å²) in [4.78, 5) is 55.3. The fraction of sp³-hybridized carbons (Fsp3) is 0.583. The third-order valence-corrected chi connectivity index (χ3v) is 18.3. The molecule has 1 aliphatic rings. The van der Waals surface area contributed by atoms with Gasteiger partial charge in [0.25, 0.3) is 0 Å². The first-order valence-electron chi connectivity index (χ1n) is 21.4. The summed E-state index contributed by atoms with van der Waals surface area (Å²) in [5, 5.41) is 9.12. The summed E-state index contributed by atoms with van der Waals surface area (Å²) in [6, 6.07) is 10.9. The van der Waals surface area contributed by atoms with Gasteiger partial charge in [0.2, 0.25) is 26.0 Å². The smallest absolute Gasteiger partial charge is 0.328 e. The number of hydrogen-bond donors (Lipinski definition) is 3. The second kappa shape index (κ2) is 21.7. The number of carbonyl (C=O) groups is 4. The van der Waals surface area contributed by atoms with Gasteiger partial charge >= 0.3 is 5.97 Å². The molecule has 2 aromatic rings. The number of benzene rings is 2. The molecule has 3 N–H and O–H groups in total. The van der Waals surface area contributed by atoms with Crippen molar-refractivity contribution in [3.63, 3.8) is 0 Å². The van der Waals surface area contributed by atoms with Crippen molar-refractivity contribution in [2.24, 2.45) is 16.7 Å². The minimum Gasteiger partial charge on any atom is -0.495 e. The van der Waals surface area contributed by atoms with Crippen LogP contribution in [0.5, 0.6) is 5.75 Å². The number of halogens is 1. The summed E-state index contributed by atoms with van der Waals surface area (Å²) in [5.74, 6) is -1.74. The Labute approximate surface area is 366 Å². The monoisotopic (exact) mass is 865 g/mol. The van der Waals surface area contributed by atoms with E-state index in [1.165, 1.54) is 13.2 Å². The molecular weight excluding hydrogens is 794 g/mol. The lowest BCUT2D eigenvalue weighted by atomic mass is 9.82. The van der Waals surface area contributed by atoms with Crippen molar-refractivity contribution >= 4 is 49.7 Å². The maximum atomic E-state index is 14.0. The molecule has 0 aliphatic carbocycles. The maximum Gasteiger partial charge on any atom is 0.328 e. The SMILES string of the molecule is COc1ccc(C[C@H]2NC(=O)/C=C\C[C@@H]([C@H](C)/C=C/c3ccc(CO[Si](C(C)C)(C(C)C)C(C)C)cc3)OC(=O)[C@H](CC(C)(C)C)NC(=O)C(C)(C)C(C)NC2=O)cc1Cl. The van der Waals surface area contributed by atoms with E-state index in [4.69, 9.17) is 25.5 Å². The van der Waals surface area contributed by atoms with E-state index in [0.717, 1.165) is 11.1 Å². The van der Waals surface area contributed by atoms with Crippen LogP contribution in [0.3, 0.4) is 0 Å². The van der Waals surface area contributed by atoms with Crippen LogP contribution in [0.15, 0.2) is 60.7 Å². The third kappa shape index (κ3) is 13.8. The summed E-state index contributed by atoms with van der Waals surface area (Å²) >= 11 is 6.40. The topological polar surface area (TPSA) is 132 Å². The zero-order valence-electron chi connectivity index (χ0n) is 38.5. The van der Waals surface area contributed by atoms with Crippen molar-refractivity contribution in [3.05, 3.63) is 82.4 Å². The van der Waals surface area contributed by atoms with Crippen LogP contribution in [-0.4, -0.2) is 63.3 Å². The van der Waals surface area contributed by atoms with E-state index in [9.17, 15) is 19.2 Å². The Morgan fingerprint density at radius 2 is 1.48 bits per heavy atom. The molecule has 0 aromatic heterocycles. The van der Waals surface area contributed by atoms with Crippen LogP contribution in [0.2, 0.25) is 21.6 Å². The van der Waals surface area contributed by atoms with E-state index in [1.807, 2.05) is 39.8 Å². The number of ether oxygens (including phenoxy) is 2. The number of rotatable bonds is 13. The van der Waals surface area contributed by atoms with Crippen molar-refractivity contribution in [2.45, 2.75) is 157 Å². The van der Waals surface area contributed by atoms with Crippen molar-refractivity contribution in [1.29, 1.82) is 0 Å². The van der Waals surface area contributed by atoms with Gasteiger partial charge in [-0.2, -0.15) is 0 Å². The fourth-order valence-corrected chi connectivity index (χ4v) is 13.8. The van der Waals surface area contributed by atoms with E-state index < -0.39 is 61.7 Å². The van der Waals surface area contributed by atoms with E-state index in [-0.39, 0.29) is 24.2 Å². The Bertz CT molecular complexity index is 1810. The highest BCUT2D eigenvalue weighted by Crippen LogP contribution is 2.42. The molecule has 0 spiro atoms. The minimum atomic E-state index is -2.01. The molecule has 1 unspecified atom stereocenters. The molecule has 1 heterocycles. The van der Waals surface area contributed by atoms with Crippen molar-refractivity contribution < 1.29 is 33.1 Å². The van der Waals surface area contributed by atoms with Crippen molar-refractivity contribution in [3.8, 4) is 5.75 Å². The summed E-state index contributed by atoms with van der Waals surface area (Å²) in [5.41, 5.74) is 2.81. The van der Waals surface area contributed by atoms with Crippen molar-refractivity contribution in [1.82, 2.24) is 16.0 Å². The van der Waals surface area contributed by atoms with Crippen LogP contribution in [-0.2, 0) is 41.4 Å². The maximum absolute atomic E-state index is 14.0. The number of methoxy groups -OCH3 is 1. The Kier molecular flexibility index (Phi) is 18.3. The third-order valence-electron chi connectivity index (χ3n) is 12.0. The highest BCUT2D eigenvalue weighted by molar-refractivity contribution is 6.77. The van der Waals surface area contributed by atoms with Crippen molar-refractivity contribution in [2.75, 3.05) is 7.11 Å². The molecule has 332 valence electrons. The molecule has 0 bridgehead atoms.